The molecular weight excluding hydrogens is 336 g/mol. The molecule has 1 aromatic rings. The summed E-state index contributed by atoms with van der Waals surface area (Å²) in [4.78, 5) is 28.1. The second-order valence-electron chi connectivity index (χ2n) is 7.11. The van der Waals surface area contributed by atoms with Gasteiger partial charge in [-0.25, -0.2) is 9.59 Å². The Bertz CT molecular complexity index is 624. The SMILES string of the molecule is CCOC(=O)N1CCN(C(=O)OC(C)(C)C)CC1c1ccc(OC)cc1. The highest BCUT2D eigenvalue weighted by Gasteiger charge is 2.35. The van der Waals surface area contributed by atoms with Gasteiger partial charge in [-0.3, -0.25) is 4.90 Å². The first-order valence-corrected chi connectivity index (χ1v) is 8.80. The highest BCUT2D eigenvalue weighted by atomic mass is 16.6. The molecule has 1 heterocycles. The van der Waals surface area contributed by atoms with Crippen molar-refractivity contribution >= 4 is 12.2 Å². The first kappa shape index (κ1) is 19.9. The maximum Gasteiger partial charge on any atom is 0.410 e. The molecule has 0 spiro atoms. The van der Waals surface area contributed by atoms with Crippen LogP contribution in [-0.4, -0.2) is 60.9 Å². The summed E-state index contributed by atoms with van der Waals surface area (Å²) in [5.74, 6) is 0.733. The average Bonchev–Trinajstić information content (AvgIpc) is 2.60. The summed E-state index contributed by atoms with van der Waals surface area (Å²) in [5.41, 5.74) is 0.345. The molecule has 7 heteroatoms. The van der Waals surface area contributed by atoms with Crippen LogP contribution in [0.1, 0.15) is 39.3 Å². The Morgan fingerprint density at radius 1 is 1.12 bits per heavy atom. The lowest BCUT2D eigenvalue weighted by Crippen LogP contribution is -2.53. The largest absolute Gasteiger partial charge is 0.497 e. The summed E-state index contributed by atoms with van der Waals surface area (Å²) in [6.07, 6.45) is -0.753. The molecule has 1 aliphatic rings. The van der Waals surface area contributed by atoms with E-state index in [1.807, 2.05) is 45.0 Å². The summed E-state index contributed by atoms with van der Waals surface area (Å²) in [6, 6.07) is 7.17. The van der Waals surface area contributed by atoms with E-state index in [1.165, 1.54) is 0 Å². The molecule has 7 nitrogen and oxygen atoms in total. The number of methoxy groups -OCH3 is 1. The molecule has 1 saturated heterocycles. The van der Waals surface area contributed by atoms with E-state index in [-0.39, 0.29) is 18.2 Å². The third kappa shape index (κ3) is 5.03. The highest BCUT2D eigenvalue weighted by molar-refractivity contribution is 5.71. The van der Waals surface area contributed by atoms with Crippen molar-refractivity contribution < 1.29 is 23.8 Å². The van der Waals surface area contributed by atoms with Gasteiger partial charge in [-0.2, -0.15) is 0 Å². The fourth-order valence-electron chi connectivity index (χ4n) is 2.81. The quantitative estimate of drug-likeness (QED) is 0.822. The van der Waals surface area contributed by atoms with Gasteiger partial charge in [-0.15, -0.1) is 0 Å². The summed E-state index contributed by atoms with van der Waals surface area (Å²) in [7, 11) is 1.60. The predicted octanol–water partition coefficient (Wildman–Crippen LogP) is 3.45. The van der Waals surface area contributed by atoms with Crippen LogP contribution < -0.4 is 4.74 Å². The highest BCUT2D eigenvalue weighted by Crippen LogP contribution is 2.28. The Hall–Kier alpha value is -2.44. The summed E-state index contributed by atoms with van der Waals surface area (Å²) in [6.45, 7) is 8.72. The van der Waals surface area contributed by atoms with Crippen molar-refractivity contribution in [3.63, 3.8) is 0 Å². The Morgan fingerprint density at radius 3 is 2.31 bits per heavy atom. The fraction of sp³-hybridized carbons (Fsp3) is 0.579. The maximum absolute atomic E-state index is 12.4. The van der Waals surface area contributed by atoms with Crippen molar-refractivity contribution in [1.82, 2.24) is 9.80 Å². The number of carbonyl (C=O) groups is 2. The second-order valence-corrected chi connectivity index (χ2v) is 7.11. The number of amides is 2. The normalized spacial score (nSPS) is 17.7. The van der Waals surface area contributed by atoms with E-state index in [1.54, 1.807) is 23.8 Å². The Morgan fingerprint density at radius 2 is 1.77 bits per heavy atom. The number of hydrogen-bond donors (Lipinski definition) is 0. The summed E-state index contributed by atoms with van der Waals surface area (Å²) >= 11 is 0. The number of hydrogen-bond acceptors (Lipinski definition) is 5. The molecular formula is C19H28N2O5. The molecule has 1 unspecified atom stereocenters. The van der Waals surface area contributed by atoms with Gasteiger partial charge < -0.3 is 19.1 Å². The zero-order valence-electron chi connectivity index (χ0n) is 16.2. The Kier molecular flexibility index (Phi) is 6.34. The lowest BCUT2D eigenvalue weighted by Gasteiger charge is -2.41. The van der Waals surface area contributed by atoms with E-state index >= 15 is 0 Å². The van der Waals surface area contributed by atoms with Gasteiger partial charge in [-0.1, -0.05) is 12.1 Å². The smallest absolute Gasteiger partial charge is 0.410 e. The third-order valence-electron chi connectivity index (χ3n) is 4.03. The molecule has 1 aromatic carbocycles. The topological polar surface area (TPSA) is 68.3 Å². The zero-order valence-corrected chi connectivity index (χ0v) is 16.2. The van der Waals surface area contributed by atoms with Gasteiger partial charge in [0.25, 0.3) is 0 Å². The molecule has 1 aliphatic heterocycles. The number of ether oxygens (including phenoxy) is 3. The zero-order chi connectivity index (χ0) is 19.3. The van der Waals surface area contributed by atoms with Crippen molar-refractivity contribution in [1.29, 1.82) is 0 Å². The standard InChI is InChI=1S/C19H28N2O5/c1-6-25-18(23)21-12-11-20(17(22)26-19(2,3)4)13-16(21)14-7-9-15(24-5)10-8-14/h7-10,16H,6,11-13H2,1-5H3. The number of benzene rings is 1. The molecule has 1 fully saturated rings. The monoisotopic (exact) mass is 364 g/mol. The number of rotatable bonds is 3. The molecule has 0 N–H and O–H groups in total. The van der Waals surface area contributed by atoms with Gasteiger partial charge in [0.2, 0.25) is 0 Å². The molecule has 0 bridgehead atoms. The predicted molar refractivity (Wildman–Crippen MR) is 97.3 cm³/mol. The van der Waals surface area contributed by atoms with E-state index in [2.05, 4.69) is 0 Å². The van der Waals surface area contributed by atoms with Crippen molar-refractivity contribution in [2.24, 2.45) is 0 Å². The number of nitrogens with zero attached hydrogens (tertiary/aromatic N) is 2. The second kappa shape index (κ2) is 8.29. The molecule has 2 rings (SSSR count). The lowest BCUT2D eigenvalue weighted by atomic mass is 10.0. The minimum Gasteiger partial charge on any atom is -0.497 e. The van der Waals surface area contributed by atoms with Crippen LogP contribution in [0.15, 0.2) is 24.3 Å². The van der Waals surface area contributed by atoms with Gasteiger partial charge in [0, 0.05) is 19.6 Å². The van der Waals surface area contributed by atoms with E-state index in [0.29, 0.717) is 26.2 Å². The van der Waals surface area contributed by atoms with Crippen molar-refractivity contribution in [2.75, 3.05) is 33.4 Å². The maximum atomic E-state index is 12.4. The molecule has 26 heavy (non-hydrogen) atoms. The van der Waals surface area contributed by atoms with Crippen LogP contribution in [0.3, 0.4) is 0 Å². The van der Waals surface area contributed by atoms with E-state index in [4.69, 9.17) is 14.2 Å². The Balaban J connectivity index is 2.22. The molecule has 0 aliphatic carbocycles. The van der Waals surface area contributed by atoms with E-state index < -0.39 is 5.60 Å². The van der Waals surface area contributed by atoms with Crippen LogP contribution in [0, 0.1) is 0 Å². The third-order valence-corrected chi connectivity index (χ3v) is 4.03. The molecule has 144 valence electrons. The van der Waals surface area contributed by atoms with Gasteiger partial charge in [0.1, 0.15) is 11.4 Å². The van der Waals surface area contributed by atoms with Crippen LogP contribution in [-0.2, 0) is 9.47 Å². The molecule has 0 saturated carbocycles. The van der Waals surface area contributed by atoms with Crippen LogP contribution in [0.4, 0.5) is 9.59 Å². The van der Waals surface area contributed by atoms with Crippen molar-refractivity contribution in [3.05, 3.63) is 29.8 Å². The lowest BCUT2D eigenvalue weighted by molar-refractivity contribution is 0.00202. The van der Waals surface area contributed by atoms with Crippen molar-refractivity contribution in [3.8, 4) is 5.75 Å². The summed E-state index contributed by atoms with van der Waals surface area (Å²) in [5, 5.41) is 0. The van der Waals surface area contributed by atoms with Crippen LogP contribution in [0.25, 0.3) is 0 Å². The van der Waals surface area contributed by atoms with Crippen LogP contribution in [0.5, 0.6) is 5.75 Å². The van der Waals surface area contributed by atoms with E-state index in [0.717, 1.165) is 11.3 Å². The van der Waals surface area contributed by atoms with Gasteiger partial charge in [0.15, 0.2) is 0 Å². The van der Waals surface area contributed by atoms with Gasteiger partial charge in [-0.05, 0) is 45.4 Å². The average molecular weight is 364 g/mol. The van der Waals surface area contributed by atoms with Crippen LogP contribution in [0.2, 0.25) is 0 Å². The number of piperazine rings is 1. The Labute approximate surface area is 154 Å². The minimum absolute atomic E-state index is 0.304. The van der Waals surface area contributed by atoms with Gasteiger partial charge >= 0.3 is 12.2 Å². The molecule has 2 amide bonds. The first-order chi connectivity index (χ1) is 12.2. The van der Waals surface area contributed by atoms with Gasteiger partial charge in [0.05, 0.1) is 19.8 Å². The fourth-order valence-corrected chi connectivity index (χ4v) is 2.81. The van der Waals surface area contributed by atoms with Crippen LogP contribution >= 0.6 is 0 Å². The molecule has 0 radical (unpaired) electrons. The van der Waals surface area contributed by atoms with E-state index in [9.17, 15) is 9.59 Å². The minimum atomic E-state index is -0.565. The first-order valence-electron chi connectivity index (χ1n) is 8.80. The molecule has 1 atom stereocenters. The molecule has 0 aromatic heterocycles. The summed E-state index contributed by atoms with van der Waals surface area (Å²) < 4.78 is 15.8. The number of carbonyl (C=O) groups excluding carboxylic acids is 2. The van der Waals surface area contributed by atoms with Crippen molar-refractivity contribution in [2.45, 2.75) is 39.3 Å².